The third kappa shape index (κ3) is 4.26. The highest BCUT2D eigenvalue weighted by Crippen LogP contribution is 2.44. The molecule has 4 aliphatic heterocycles. The molecule has 180 valence electrons. The molecular weight excluding hydrogens is 420 g/mol. The number of hydrogen-bond donors (Lipinski definition) is 1. The molecule has 4 heteroatoms. The SMILES string of the molecule is O=C(N[C@@H]1C[N+]2(CCCC3CCCCC3)CCC1CC2)C1c2ccccc2Oc2ccccc21. The number of piperidine rings is 3. The number of ether oxygens (including phenoxy) is 1. The minimum Gasteiger partial charge on any atom is -0.457 e. The second kappa shape index (κ2) is 9.37. The largest absolute Gasteiger partial charge is 0.457 e. The summed E-state index contributed by atoms with van der Waals surface area (Å²) in [4.78, 5) is 13.8. The molecule has 4 nitrogen and oxygen atoms in total. The second-order valence-electron chi connectivity index (χ2n) is 11.4. The lowest BCUT2D eigenvalue weighted by Crippen LogP contribution is -2.67. The molecule has 5 aliphatic rings. The number of amides is 1. The van der Waals surface area contributed by atoms with Gasteiger partial charge in [0.25, 0.3) is 0 Å². The van der Waals surface area contributed by atoms with Gasteiger partial charge in [-0.1, -0.05) is 68.5 Å². The van der Waals surface area contributed by atoms with Crippen molar-refractivity contribution in [3.63, 3.8) is 0 Å². The van der Waals surface area contributed by atoms with E-state index >= 15 is 0 Å². The van der Waals surface area contributed by atoms with Crippen LogP contribution in [0.15, 0.2) is 48.5 Å². The summed E-state index contributed by atoms with van der Waals surface area (Å²) in [5, 5.41) is 3.56. The summed E-state index contributed by atoms with van der Waals surface area (Å²) in [6, 6.07) is 16.3. The van der Waals surface area contributed by atoms with Gasteiger partial charge in [0.05, 0.1) is 38.1 Å². The fourth-order valence-corrected chi connectivity index (χ4v) is 7.41. The highest BCUT2D eigenvalue weighted by atomic mass is 16.5. The van der Waals surface area contributed by atoms with Gasteiger partial charge in [-0.15, -0.1) is 0 Å². The molecule has 1 amide bonds. The molecule has 0 radical (unpaired) electrons. The predicted octanol–water partition coefficient (Wildman–Crippen LogP) is 6.01. The van der Waals surface area contributed by atoms with Gasteiger partial charge in [-0.25, -0.2) is 0 Å². The van der Waals surface area contributed by atoms with Crippen LogP contribution in [0.4, 0.5) is 0 Å². The first kappa shape index (κ1) is 22.2. The predicted molar refractivity (Wildman–Crippen MR) is 135 cm³/mol. The number of rotatable bonds is 6. The first-order chi connectivity index (χ1) is 16.7. The summed E-state index contributed by atoms with van der Waals surface area (Å²) < 4.78 is 7.36. The lowest BCUT2D eigenvalue weighted by Gasteiger charge is -2.53. The van der Waals surface area contributed by atoms with Crippen LogP contribution in [0, 0.1) is 11.8 Å². The topological polar surface area (TPSA) is 38.3 Å². The molecule has 1 atom stereocenters. The molecule has 0 spiro atoms. The van der Waals surface area contributed by atoms with E-state index in [1.54, 1.807) is 0 Å². The van der Waals surface area contributed by atoms with Crippen molar-refractivity contribution in [2.75, 3.05) is 26.2 Å². The number of nitrogens with zero attached hydrogens (tertiary/aromatic N) is 1. The van der Waals surface area contributed by atoms with Crippen LogP contribution in [0.3, 0.4) is 0 Å². The summed E-state index contributed by atoms with van der Waals surface area (Å²) in [6.07, 6.45) is 12.5. The number of carbonyl (C=O) groups is 1. The second-order valence-corrected chi connectivity index (χ2v) is 11.4. The van der Waals surface area contributed by atoms with E-state index in [4.69, 9.17) is 4.74 Å². The smallest absolute Gasteiger partial charge is 0.232 e. The van der Waals surface area contributed by atoms with Crippen molar-refractivity contribution in [2.24, 2.45) is 11.8 Å². The average molecular weight is 460 g/mol. The number of quaternary nitrogens is 1. The fourth-order valence-electron chi connectivity index (χ4n) is 7.41. The number of nitrogens with one attached hydrogen (secondary N) is 1. The Hall–Kier alpha value is -2.33. The molecule has 3 saturated heterocycles. The number of fused-ring (bicyclic) bond motifs is 5. The minimum absolute atomic E-state index is 0.141. The van der Waals surface area contributed by atoms with E-state index in [9.17, 15) is 4.79 Å². The molecule has 2 bridgehead atoms. The van der Waals surface area contributed by atoms with Gasteiger partial charge < -0.3 is 14.5 Å². The zero-order valence-electron chi connectivity index (χ0n) is 20.4. The first-order valence-electron chi connectivity index (χ1n) is 13.7. The number of hydrogen-bond acceptors (Lipinski definition) is 2. The van der Waals surface area contributed by atoms with Crippen LogP contribution in [0.25, 0.3) is 0 Å². The molecule has 0 aromatic heterocycles. The Morgan fingerprint density at radius 1 is 0.882 bits per heavy atom. The molecule has 2 aromatic rings. The van der Waals surface area contributed by atoms with Crippen molar-refractivity contribution in [3.8, 4) is 11.5 Å². The third-order valence-corrected chi connectivity index (χ3v) is 9.34. The Bertz CT molecular complexity index is 974. The standard InChI is InChI=1S/C30H38N2O2/c33-30(29-24-12-4-6-14-27(24)34-28-15-7-5-13-25(28)29)31-26-21-32(19-16-23(26)17-20-32)18-8-11-22-9-2-1-3-10-22/h4-7,12-15,22-23,26,29H,1-3,8-11,16-21H2/p+1/t23?,26-,32?/m1/s1. The van der Waals surface area contributed by atoms with Crippen molar-refractivity contribution in [3.05, 3.63) is 59.7 Å². The molecule has 1 N–H and O–H groups in total. The van der Waals surface area contributed by atoms with E-state index in [1.165, 1.54) is 81.9 Å². The van der Waals surface area contributed by atoms with E-state index in [-0.39, 0.29) is 11.8 Å². The van der Waals surface area contributed by atoms with Gasteiger partial charge in [-0.2, -0.15) is 0 Å². The highest BCUT2D eigenvalue weighted by Gasteiger charge is 2.47. The molecule has 4 fully saturated rings. The van der Waals surface area contributed by atoms with Crippen LogP contribution in [-0.4, -0.2) is 42.6 Å². The van der Waals surface area contributed by atoms with E-state index in [2.05, 4.69) is 5.32 Å². The molecular formula is C30H39N2O2+. The molecule has 34 heavy (non-hydrogen) atoms. The Labute approximate surface area is 204 Å². The molecule has 0 unspecified atom stereocenters. The van der Waals surface area contributed by atoms with Crippen LogP contribution >= 0.6 is 0 Å². The quantitative estimate of drug-likeness (QED) is 0.537. The third-order valence-electron chi connectivity index (χ3n) is 9.34. The number of benzene rings is 2. The van der Waals surface area contributed by atoms with E-state index in [1.807, 2.05) is 48.5 Å². The number of carbonyl (C=O) groups excluding carboxylic acids is 1. The Kier molecular flexibility index (Phi) is 6.11. The van der Waals surface area contributed by atoms with Gasteiger partial charge in [0.1, 0.15) is 11.5 Å². The first-order valence-corrected chi connectivity index (χ1v) is 13.7. The van der Waals surface area contributed by atoms with E-state index in [0.717, 1.165) is 35.1 Å². The zero-order valence-corrected chi connectivity index (χ0v) is 20.4. The van der Waals surface area contributed by atoms with Crippen molar-refractivity contribution < 1.29 is 14.0 Å². The van der Waals surface area contributed by atoms with Gasteiger partial charge in [0.15, 0.2) is 0 Å². The average Bonchev–Trinajstić information content (AvgIpc) is 2.88. The Balaban J connectivity index is 1.15. The van der Waals surface area contributed by atoms with Gasteiger partial charge in [0, 0.05) is 24.0 Å². The van der Waals surface area contributed by atoms with Crippen LogP contribution in [0.5, 0.6) is 11.5 Å². The summed E-state index contributed by atoms with van der Waals surface area (Å²) in [7, 11) is 0. The minimum atomic E-state index is -0.295. The van der Waals surface area contributed by atoms with Gasteiger partial charge in [0.2, 0.25) is 5.91 Å². The maximum atomic E-state index is 13.8. The van der Waals surface area contributed by atoms with E-state index in [0.29, 0.717) is 12.0 Å². The molecule has 1 aliphatic carbocycles. The van der Waals surface area contributed by atoms with Crippen molar-refractivity contribution in [2.45, 2.75) is 69.7 Å². The lowest BCUT2D eigenvalue weighted by atomic mass is 9.80. The molecule has 4 heterocycles. The number of para-hydroxylation sites is 2. The van der Waals surface area contributed by atoms with Crippen LogP contribution in [0.2, 0.25) is 0 Å². The van der Waals surface area contributed by atoms with Crippen molar-refractivity contribution in [1.82, 2.24) is 5.32 Å². The van der Waals surface area contributed by atoms with Gasteiger partial charge in [-0.05, 0) is 36.8 Å². The highest BCUT2D eigenvalue weighted by molar-refractivity contribution is 5.89. The maximum absolute atomic E-state index is 13.8. The molecule has 7 rings (SSSR count). The Morgan fingerprint density at radius 3 is 2.21 bits per heavy atom. The fraction of sp³-hybridized carbons (Fsp3) is 0.567. The zero-order chi connectivity index (χ0) is 23.0. The normalized spacial score (nSPS) is 28.6. The molecule has 2 aromatic carbocycles. The van der Waals surface area contributed by atoms with Crippen LogP contribution < -0.4 is 10.1 Å². The summed E-state index contributed by atoms with van der Waals surface area (Å²) in [5.41, 5.74) is 1.97. The van der Waals surface area contributed by atoms with Gasteiger partial charge in [-0.3, -0.25) is 4.79 Å². The van der Waals surface area contributed by atoms with Gasteiger partial charge >= 0.3 is 0 Å². The Morgan fingerprint density at radius 2 is 1.53 bits per heavy atom. The maximum Gasteiger partial charge on any atom is 0.232 e. The van der Waals surface area contributed by atoms with Crippen LogP contribution in [0.1, 0.15) is 74.8 Å². The van der Waals surface area contributed by atoms with E-state index < -0.39 is 0 Å². The van der Waals surface area contributed by atoms with Crippen molar-refractivity contribution in [1.29, 1.82) is 0 Å². The summed E-state index contributed by atoms with van der Waals surface area (Å²) >= 11 is 0. The summed E-state index contributed by atoms with van der Waals surface area (Å²) in [6.45, 7) is 5.04. The summed E-state index contributed by atoms with van der Waals surface area (Å²) in [5.74, 6) is 3.06. The lowest BCUT2D eigenvalue weighted by molar-refractivity contribution is -0.944. The monoisotopic (exact) mass is 459 g/mol. The molecule has 1 saturated carbocycles. The van der Waals surface area contributed by atoms with Crippen LogP contribution in [-0.2, 0) is 4.79 Å². The van der Waals surface area contributed by atoms with Crippen molar-refractivity contribution >= 4 is 5.91 Å².